The van der Waals surface area contributed by atoms with Gasteiger partial charge in [-0.25, -0.2) is 0 Å². The van der Waals surface area contributed by atoms with Crippen molar-refractivity contribution in [3.05, 3.63) is 0 Å². The van der Waals surface area contributed by atoms with Crippen molar-refractivity contribution in [2.45, 2.75) is 65.1 Å². The second-order valence-corrected chi connectivity index (χ2v) is 6.23. The van der Waals surface area contributed by atoms with Gasteiger partial charge in [-0.3, -0.25) is 9.69 Å². The first kappa shape index (κ1) is 15.4. The highest BCUT2D eigenvalue weighted by atomic mass is 16.5. The smallest absolute Gasteiger partial charge is 0.237 e. The third-order valence-electron chi connectivity index (χ3n) is 3.26. The van der Waals surface area contributed by atoms with Crippen molar-refractivity contribution in [2.24, 2.45) is 0 Å². The molecule has 1 unspecified atom stereocenters. The van der Waals surface area contributed by atoms with Crippen LogP contribution in [-0.2, 0) is 9.53 Å². The van der Waals surface area contributed by atoms with Crippen LogP contribution in [-0.4, -0.2) is 48.2 Å². The Balaban J connectivity index is 2.18. The number of ether oxygens (including phenoxy) is 1. The van der Waals surface area contributed by atoms with E-state index < -0.39 is 0 Å². The molecule has 1 saturated heterocycles. The molecular weight excluding hydrogens is 228 g/mol. The lowest BCUT2D eigenvalue weighted by Crippen LogP contribution is -2.62. The molecule has 1 rings (SSSR count). The molecule has 0 aromatic heterocycles. The predicted octanol–water partition coefficient (Wildman–Crippen LogP) is 1.79. The minimum absolute atomic E-state index is 0.0658. The van der Waals surface area contributed by atoms with Gasteiger partial charge in [0.2, 0.25) is 5.91 Å². The minimum atomic E-state index is 0.0658. The van der Waals surface area contributed by atoms with Gasteiger partial charge >= 0.3 is 0 Å². The first-order valence-corrected chi connectivity index (χ1v) is 6.98. The zero-order valence-electron chi connectivity index (χ0n) is 12.5. The van der Waals surface area contributed by atoms with Gasteiger partial charge < -0.3 is 10.1 Å². The van der Waals surface area contributed by atoms with Gasteiger partial charge in [-0.1, -0.05) is 0 Å². The molecular formula is C14H28N2O2. The molecule has 1 aliphatic rings. The van der Waals surface area contributed by atoms with Gasteiger partial charge in [0, 0.05) is 25.2 Å². The van der Waals surface area contributed by atoms with E-state index in [2.05, 4.69) is 31.0 Å². The zero-order valence-corrected chi connectivity index (χ0v) is 12.5. The van der Waals surface area contributed by atoms with Crippen molar-refractivity contribution in [3.63, 3.8) is 0 Å². The summed E-state index contributed by atoms with van der Waals surface area (Å²) in [5, 5.41) is 3.00. The summed E-state index contributed by atoms with van der Waals surface area (Å²) in [5.74, 6) is 0.167. The molecule has 18 heavy (non-hydrogen) atoms. The van der Waals surface area contributed by atoms with Gasteiger partial charge in [-0.2, -0.15) is 0 Å². The second kappa shape index (κ2) is 6.53. The third-order valence-corrected chi connectivity index (χ3v) is 3.26. The summed E-state index contributed by atoms with van der Waals surface area (Å²) in [5.41, 5.74) is 0.0843. The molecule has 0 spiro atoms. The topological polar surface area (TPSA) is 41.6 Å². The molecule has 1 N–H and O–H groups in total. The Morgan fingerprint density at radius 2 is 2.11 bits per heavy atom. The standard InChI is InChI=1S/C14H28N2O2/c1-11(2)18-10-6-8-15-13(17)12-7-9-16(12)14(3,4)5/h11-12H,6-10H2,1-5H3,(H,15,17). The second-order valence-electron chi connectivity index (χ2n) is 6.23. The molecule has 0 bridgehead atoms. The average molecular weight is 256 g/mol. The average Bonchev–Trinajstić information content (AvgIpc) is 2.11. The molecule has 1 fully saturated rings. The van der Waals surface area contributed by atoms with Crippen LogP contribution in [0.3, 0.4) is 0 Å². The predicted molar refractivity (Wildman–Crippen MR) is 73.6 cm³/mol. The van der Waals surface area contributed by atoms with Crippen LogP contribution >= 0.6 is 0 Å². The summed E-state index contributed by atoms with van der Waals surface area (Å²) in [6.45, 7) is 13.0. The van der Waals surface area contributed by atoms with Crippen LogP contribution in [0.1, 0.15) is 47.5 Å². The van der Waals surface area contributed by atoms with Gasteiger partial charge in [-0.15, -0.1) is 0 Å². The Hall–Kier alpha value is -0.610. The largest absolute Gasteiger partial charge is 0.379 e. The summed E-state index contributed by atoms with van der Waals surface area (Å²) in [6, 6.07) is 0.0658. The molecule has 4 heteroatoms. The van der Waals surface area contributed by atoms with E-state index in [1.807, 2.05) is 13.8 Å². The number of carbonyl (C=O) groups is 1. The van der Waals surface area contributed by atoms with Crippen molar-refractivity contribution < 1.29 is 9.53 Å². The molecule has 106 valence electrons. The van der Waals surface area contributed by atoms with Gasteiger partial charge in [0.15, 0.2) is 0 Å². The molecule has 0 aromatic rings. The van der Waals surface area contributed by atoms with E-state index in [4.69, 9.17) is 4.74 Å². The molecule has 0 aliphatic carbocycles. The number of amides is 1. The maximum atomic E-state index is 12.0. The summed E-state index contributed by atoms with van der Waals surface area (Å²) >= 11 is 0. The van der Waals surface area contributed by atoms with Crippen molar-refractivity contribution >= 4 is 5.91 Å². The van der Waals surface area contributed by atoms with Gasteiger partial charge in [0.25, 0.3) is 0 Å². The Kier molecular flexibility index (Phi) is 5.60. The van der Waals surface area contributed by atoms with Crippen LogP contribution in [0.2, 0.25) is 0 Å². The van der Waals surface area contributed by atoms with Crippen molar-refractivity contribution in [1.29, 1.82) is 0 Å². The lowest BCUT2D eigenvalue weighted by atomic mass is 9.93. The van der Waals surface area contributed by atoms with E-state index in [1.165, 1.54) is 0 Å². The van der Waals surface area contributed by atoms with Crippen LogP contribution in [0.5, 0.6) is 0 Å². The van der Waals surface area contributed by atoms with Crippen LogP contribution in [0.4, 0.5) is 0 Å². The molecule has 1 heterocycles. The van der Waals surface area contributed by atoms with Crippen LogP contribution in [0.15, 0.2) is 0 Å². The van der Waals surface area contributed by atoms with E-state index in [-0.39, 0.29) is 23.6 Å². The van der Waals surface area contributed by atoms with Crippen LogP contribution in [0, 0.1) is 0 Å². The van der Waals surface area contributed by atoms with Gasteiger partial charge in [0.05, 0.1) is 12.1 Å². The number of nitrogens with one attached hydrogen (secondary N) is 1. The van der Waals surface area contributed by atoms with E-state index in [0.29, 0.717) is 13.2 Å². The highest BCUT2D eigenvalue weighted by Gasteiger charge is 2.40. The number of carbonyl (C=O) groups excluding carboxylic acids is 1. The first-order valence-electron chi connectivity index (χ1n) is 6.98. The fourth-order valence-corrected chi connectivity index (χ4v) is 2.18. The number of likely N-dealkylation sites (tertiary alicyclic amines) is 1. The van der Waals surface area contributed by atoms with Gasteiger partial charge in [0.1, 0.15) is 0 Å². The Labute approximate surface area is 111 Å². The summed E-state index contributed by atoms with van der Waals surface area (Å²) < 4.78 is 5.44. The third kappa shape index (κ3) is 4.58. The molecule has 1 aliphatic heterocycles. The summed E-state index contributed by atoms with van der Waals surface area (Å²) in [6.07, 6.45) is 2.13. The lowest BCUT2D eigenvalue weighted by Gasteiger charge is -2.48. The van der Waals surface area contributed by atoms with E-state index in [1.54, 1.807) is 0 Å². The lowest BCUT2D eigenvalue weighted by molar-refractivity contribution is -0.135. The molecule has 0 aromatic carbocycles. The van der Waals surface area contributed by atoms with Crippen molar-refractivity contribution in [1.82, 2.24) is 10.2 Å². The van der Waals surface area contributed by atoms with Gasteiger partial charge in [-0.05, 0) is 47.5 Å². The molecule has 1 amide bonds. The normalized spacial score (nSPS) is 20.9. The highest BCUT2D eigenvalue weighted by Crippen LogP contribution is 2.27. The monoisotopic (exact) mass is 256 g/mol. The molecule has 1 atom stereocenters. The van der Waals surface area contributed by atoms with E-state index in [9.17, 15) is 4.79 Å². The molecule has 0 radical (unpaired) electrons. The van der Waals surface area contributed by atoms with Crippen molar-refractivity contribution in [2.75, 3.05) is 19.7 Å². The number of nitrogens with zero attached hydrogens (tertiary/aromatic N) is 1. The quantitative estimate of drug-likeness (QED) is 0.737. The molecule has 4 nitrogen and oxygen atoms in total. The Bertz CT molecular complexity index is 271. The number of hydrogen-bond acceptors (Lipinski definition) is 3. The highest BCUT2D eigenvalue weighted by molar-refractivity contribution is 5.82. The number of rotatable bonds is 6. The number of hydrogen-bond donors (Lipinski definition) is 1. The van der Waals surface area contributed by atoms with Crippen LogP contribution < -0.4 is 5.32 Å². The molecule has 0 saturated carbocycles. The Morgan fingerprint density at radius 3 is 2.56 bits per heavy atom. The maximum Gasteiger partial charge on any atom is 0.237 e. The van der Waals surface area contributed by atoms with E-state index >= 15 is 0 Å². The Morgan fingerprint density at radius 1 is 1.44 bits per heavy atom. The first-order chi connectivity index (χ1) is 8.32. The fourth-order valence-electron chi connectivity index (χ4n) is 2.18. The fraction of sp³-hybridized carbons (Fsp3) is 0.929. The summed E-state index contributed by atoms with van der Waals surface area (Å²) in [4.78, 5) is 14.2. The van der Waals surface area contributed by atoms with Crippen molar-refractivity contribution in [3.8, 4) is 0 Å². The summed E-state index contributed by atoms with van der Waals surface area (Å²) in [7, 11) is 0. The maximum absolute atomic E-state index is 12.0. The van der Waals surface area contributed by atoms with Crippen LogP contribution in [0.25, 0.3) is 0 Å². The SMILES string of the molecule is CC(C)OCCCNC(=O)C1CCN1C(C)(C)C. The zero-order chi connectivity index (χ0) is 13.8. The minimum Gasteiger partial charge on any atom is -0.379 e. The van der Waals surface area contributed by atoms with E-state index in [0.717, 1.165) is 19.4 Å².